The summed E-state index contributed by atoms with van der Waals surface area (Å²) in [7, 11) is 0. The summed E-state index contributed by atoms with van der Waals surface area (Å²) in [6.07, 6.45) is 1.17. The first-order chi connectivity index (χ1) is 18.3. The van der Waals surface area contributed by atoms with Gasteiger partial charge in [-0.2, -0.15) is 10.5 Å². The minimum absolute atomic E-state index is 0.0904. The number of hydrogen-bond acceptors (Lipinski definition) is 6. The molecule has 0 N–H and O–H groups in total. The summed E-state index contributed by atoms with van der Waals surface area (Å²) >= 11 is 0. The lowest BCUT2D eigenvalue weighted by atomic mass is 9.72. The van der Waals surface area contributed by atoms with Gasteiger partial charge in [-0.15, -0.1) is 10.2 Å². The van der Waals surface area contributed by atoms with Crippen molar-refractivity contribution in [2.24, 2.45) is 5.92 Å². The Kier molecular flexibility index (Phi) is 6.75. The van der Waals surface area contributed by atoms with Gasteiger partial charge in [0.25, 0.3) is 0 Å². The number of aromatic nitrogens is 2. The third-order valence-corrected chi connectivity index (χ3v) is 7.09. The van der Waals surface area contributed by atoms with Gasteiger partial charge in [0.2, 0.25) is 12.3 Å². The van der Waals surface area contributed by atoms with E-state index in [1.165, 1.54) is 32.4 Å². The fourth-order valence-electron chi connectivity index (χ4n) is 5.55. The van der Waals surface area contributed by atoms with Crippen LogP contribution >= 0.6 is 0 Å². The lowest BCUT2D eigenvalue weighted by Crippen LogP contribution is -2.53. The maximum atomic E-state index is 15.7. The second-order valence-electron chi connectivity index (χ2n) is 10.1. The highest BCUT2D eigenvalue weighted by Crippen LogP contribution is 2.46. The molecule has 2 heterocycles. The molecule has 0 unspecified atom stereocenters. The minimum atomic E-state index is -1.62. The van der Waals surface area contributed by atoms with Crippen molar-refractivity contribution < 1.29 is 13.2 Å². The largest absolute Gasteiger partial charge is 0.423 e. The zero-order valence-corrected chi connectivity index (χ0v) is 21.0. The molecule has 1 aromatic heterocycles. The van der Waals surface area contributed by atoms with Gasteiger partial charge in [-0.05, 0) is 78.9 Å². The molecular formula is C30H25F2N5O. The monoisotopic (exact) mass is 509 g/mol. The van der Waals surface area contributed by atoms with Gasteiger partial charge in [0.15, 0.2) is 0 Å². The molecule has 0 saturated carbocycles. The van der Waals surface area contributed by atoms with E-state index in [0.29, 0.717) is 35.3 Å². The third kappa shape index (κ3) is 5.04. The summed E-state index contributed by atoms with van der Waals surface area (Å²) in [5.74, 6) is -0.991. The molecule has 1 saturated heterocycles. The zero-order valence-electron chi connectivity index (χ0n) is 21.0. The van der Waals surface area contributed by atoms with Crippen molar-refractivity contribution in [3.05, 3.63) is 107 Å². The first-order valence-corrected chi connectivity index (χ1v) is 12.3. The maximum absolute atomic E-state index is 15.7. The molecule has 3 aromatic carbocycles. The number of rotatable bonds is 7. The number of benzene rings is 3. The van der Waals surface area contributed by atoms with Crippen LogP contribution in [0.5, 0.6) is 0 Å². The van der Waals surface area contributed by atoms with E-state index in [9.17, 15) is 14.9 Å². The Morgan fingerprint density at radius 1 is 0.947 bits per heavy atom. The molecule has 2 atom stereocenters. The van der Waals surface area contributed by atoms with Gasteiger partial charge >= 0.3 is 0 Å². The van der Waals surface area contributed by atoms with Gasteiger partial charge in [-0.1, -0.05) is 24.3 Å². The van der Waals surface area contributed by atoms with E-state index >= 15 is 4.39 Å². The van der Waals surface area contributed by atoms with Crippen LogP contribution in [0.3, 0.4) is 0 Å². The van der Waals surface area contributed by atoms with Crippen molar-refractivity contribution in [3.63, 3.8) is 0 Å². The molecule has 0 amide bonds. The summed E-state index contributed by atoms with van der Waals surface area (Å²) in [5.41, 5.74) is 2.34. The number of nitriles is 2. The number of alkyl halides is 1. The van der Waals surface area contributed by atoms with Crippen LogP contribution in [0, 0.1) is 34.4 Å². The van der Waals surface area contributed by atoms with Crippen LogP contribution in [0.2, 0.25) is 0 Å². The predicted molar refractivity (Wildman–Crippen MR) is 137 cm³/mol. The third-order valence-electron chi connectivity index (χ3n) is 7.09. The van der Waals surface area contributed by atoms with E-state index in [1.54, 1.807) is 24.3 Å². The fraction of sp³-hybridized carbons (Fsp3) is 0.267. The molecule has 190 valence electrons. The van der Waals surface area contributed by atoms with E-state index in [1.807, 2.05) is 30.3 Å². The average Bonchev–Trinajstić information content (AvgIpc) is 3.42. The van der Waals surface area contributed by atoms with Gasteiger partial charge in [0.05, 0.1) is 29.3 Å². The van der Waals surface area contributed by atoms with Crippen LogP contribution in [0.15, 0.2) is 77.5 Å². The Balaban J connectivity index is 1.47. The summed E-state index contributed by atoms with van der Waals surface area (Å²) in [6.45, 7) is 4.16. The molecule has 1 aliphatic heterocycles. The molecule has 0 radical (unpaired) electrons. The van der Waals surface area contributed by atoms with Gasteiger partial charge < -0.3 is 4.42 Å². The van der Waals surface area contributed by atoms with E-state index in [0.717, 1.165) is 11.1 Å². The standard InChI is InChI=1S/C30H25F2N5O/c1-30(2,32)27(23-11-24(13-26(31)12-23)29-36-35-18-38-29)25-16-37(17-25)28(21-8-6-19(14-33)7-9-21)22-5-3-4-20(10-22)15-34/h3-13,18,25,27-28H,16-17H2,1-2H3/t27-,28+/m1/s1. The summed E-state index contributed by atoms with van der Waals surface area (Å²) in [5, 5.41) is 26.2. The van der Waals surface area contributed by atoms with Crippen LogP contribution in [-0.4, -0.2) is 33.9 Å². The second-order valence-corrected chi connectivity index (χ2v) is 10.1. The Bertz CT molecular complexity index is 1510. The highest BCUT2D eigenvalue weighted by Gasteiger charge is 2.45. The van der Waals surface area contributed by atoms with E-state index in [4.69, 9.17) is 4.42 Å². The van der Waals surface area contributed by atoms with Crippen molar-refractivity contribution in [2.45, 2.75) is 31.5 Å². The van der Waals surface area contributed by atoms with Crippen molar-refractivity contribution in [2.75, 3.05) is 13.1 Å². The van der Waals surface area contributed by atoms with Crippen molar-refractivity contribution in [1.82, 2.24) is 15.1 Å². The minimum Gasteiger partial charge on any atom is -0.423 e. The molecule has 1 aliphatic rings. The first-order valence-electron chi connectivity index (χ1n) is 12.3. The quantitative estimate of drug-likeness (QED) is 0.296. The summed E-state index contributed by atoms with van der Waals surface area (Å²) < 4.78 is 35.6. The van der Waals surface area contributed by atoms with Gasteiger partial charge in [0, 0.05) is 24.6 Å². The predicted octanol–water partition coefficient (Wildman–Crippen LogP) is 6.17. The van der Waals surface area contributed by atoms with Gasteiger partial charge in [-0.3, -0.25) is 4.90 Å². The lowest BCUT2D eigenvalue weighted by molar-refractivity contribution is 0.00814. The maximum Gasteiger partial charge on any atom is 0.247 e. The first kappa shape index (κ1) is 25.3. The molecular weight excluding hydrogens is 484 g/mol. The summed E-state index contributed by atoms with van der Waals surface area (Å²) in [4.78, 5) is 2.22. The number of likely N-dealkylation sites (tertiary alicyclic amines) is 1. The smallest absolute Gasteiger partial charge is 0.247 e. The Morgan fingerprint density at radius 3 is 2.32 bits per heavy atom. The van der Waals surface area contributed by atoms with Crippen molar-refractivity contribution in [1.29, 1.82) is 10.5 Å². The highest BCUT2D eigenvalue weighted by molar-refractivity contribution is 5.55. The SMILES string of the molecule is CC(C)(F)[C@H](c1cc(F)cc(-c2nnco2)c1)C1CN([C@@H](c2ccc(C#N)cc2)c2cccc(C#N)c2)C1. The number of halogens is 2. The topological polar surface area (TPSA) is 89.7 Å². The van der Waals surface area contributed by atoms with Crippen LogP contribution in [0.1, 0.15) is 53.6 Å². The van der Waals surface area contributed by atoms with Gasteiger partial charge in [-0.25, -0.2) is 8.78 Å². The molecule has 5 rings (SSSR count). The average molecular weight is 510 g/mol. The van der Waals surface area contributed by atoms with Crippen molar-refractivity contribution >= 4 is 0 Å². The van der Waals surface area contributed by atoms with Crippen LogP contribution in [-0.2, 0) is 0 Å². The molecule has 0 spiro atoms. The van der Waals surface area contributed by atoms with Crippen LogP contribution < -0.4 is 0 Å². The molecule has 0 aliphatic carbocycles. The molecule has 8 heteroatoms. The number of hydrogen-bond donors (Lipinski definition) is 0. The van der Waals surface area contributed by atoms with Gasteiger partial charge in [0.1, 0.15) is 11.5 Å². The molecule has 4 aromatic rings. The highest BCUT2D eigenvalue weighted by atomic mass is 19.1. The normalized spacial score (nSPS) is 15.7. The van der Waals surface area contributed by atoms with Crippen LogP contribution in [0.25, 0.3) is 11.5 Å². The molecule has 0 bridgehead atoms. The van der Waals surface area contributed by atoms with E-state index in [2.05, 4.69) is 27.2 Å². The Hall–Kier alpha value is -4.40. The van der Waals surface area contributed by atoms with Crippen LogP contribution in [0.4, 0.5) is 8.78 Å². The van der Waals surface area contributed by atoms with E-state index in [-0.39, 0.29) is 17.9 Å². The molecule has 6 nitrogen and oxygen atoms in total. The molecule has 1 fully saturated rings. The Labute approximate surface area is 219 Å². The van der Waals surface area contributed by atoms with Crippen molar-refractivity contribution in [3.8, 4) is 23.6 Å². The zero-order chi connectivity index (χ0) is 26.9. The Morgan fingerprint density at radius 2 is 1.68 bits per heavy atom. The van der Waals surface area contributed by atoms with E-state index < -0.39 is 17.4 Å². The fourth-order valence-corrected chi connectivity index (χ4v) is 5.55. The number of nitrogens with zero attached hydrogens (tertiary/aromatic N) is 5. The second kappa shape index (κ2) is 10.2. The lowest BCUT2D eigenvalue weighted by Gasteiger charge is -2.50. The summed E-state index contributed by atoms with van der Waals surface area (Å²) in [6, 6.07) is 23.3. The molecule has 38 heavy (non-hydrogen) atoms.